The third-order valence-corrected chi connectivity index (χ3v) is 6.20. The topological polar surface area (TPSA) is 129 Å². The highest BCUT2D eigenvalue weighted by atomic mass is 19.4. The molecule has 16 heteroatoms. The number of hydrogen-bond donors (Lipinski definition) is 2. The molecule has 10 nitrogen and oxygen atoms in total. The number of carbonyl (C=O) groups is 3. The highest BCUT2D eigenvalue weighted by Crippen LogP contribution is 2.40. The van der Waals surface area contributed by atoms with Crippen LogP contribution in [0.2, 0.25) is 0 Å². The Morgan fingerprint density at radius 2 is 1.44 bits per heavy atom. The van der Waals surface area contributed by atoms with E-state index in [9.17, 15) is 31.1 Å². The Morgan fingerprint density at radius 3 is 1.87 bits per heavy atom. The average molecular weight is 567 g/mol. The third kappa shape index (κ3) is 9.53. The van der Waals surface area contributed by atoms with Crippen LogP contribution in [0.15, 0.2) is 36.9 Å². The molecule has 2 N–H and O–H groups in total. The number of alkyl halides is 6. The lowest BCUT2D eigenvalue weighted by molar-refractivity contribution is -0.193. The molecule has 0 unspecified atom stereocenters. The number of piperidine rings is 1. The van der Waals surface area contributed by atoms with E-state index < -0.39 is 24.3 Å². The van der Waals surface area contributed by atoms with Crippen molar-refractivity contribution in [3.8, 4) is 0 Å². The predicted octanol–water partition coefficient (Wildman–Crippen LogP) is 3.24. The van der Waals surface area contributed by atoms with Gasteiger partial charge in [-0.3, -0.25) is 19.4 Å². The first-order valence-corrected chi connectivity index (χ1v) is 11.5. The maximum atomic E-state index is 12.5. The van der Waals surface area contributed by atoms with Crippen LogP contribution in [-0.4, -0.2) is 83.6 Å². The second-order valence-electron chi connectivity index (χ2n) is 8.96. The van der Waals surface area contributed by atoms with Crippen LogP contribution >= 0.6 is 0 Å². The van der Waals surface area contributed by atoms with Crippen molar-refractivity contribution in [3.63, 3.8) is 0 Å². The van der Waals surface area contributed by atoms with Gasteiger partial charge in [0.15, 0.2) is 0 Å². The number of rotatable bonds is 4. The van der Waals surface area contributed by atoms with Gasteiger partial charge in [-0.1, -0.05) is 0 Å². The molecule has 1 amide bonds. The molecule has 2 aromatic heterocycles. The zero-order valence-electron chi connectivity index (χ0n) is 20.7. The minimum Gasteiger partial charge on any atom is -0.475 e. The molecule has 2 aliphatic heterocycles. The average Bonchev–Trinajstić information content (AvgIpc) is 3.39. The van der Waals surface area contributed by atoms with Crippen molar-refractivity contribution in [1.29, 1.82) is 0 Å². The number of aliphatic carboxylic acids is 2. The fraction of sp³-hybridized carbons (Fsp3) is 0.522. The summed E-state index contributed by atoms with van der Waals surface area (Å²) >= 11 is 0. The molecule has 2 aliphatic rings. The lowest BCUT2D eigenvalue weighted by Gasteiger charge is -2.45. The lowest BCUT2D eigenvalue weighted by atomic mass is 9.84. The standard InChI is InChI=1S/C19H25N5O.2C2HF3O2/c1-22-13-17(12-21-22)14-23-10-6-19(7-11-23)5-2-18(25)24(19)15-16-3-8-20-9-4-16;2*3-2(4,5)1(6)7/h3-4,8-9,12-13H,2,5-7,10-11,14-15H2,1H3;2*(H,6,7). The largest absolute Gasteiger partial charge is 0.490 e. The first kappa shape index (κ1) is 31.5. The van der Waals surface area contributed by atoms with Crippen LogP contribution in [-0.2, 0) is 34.5 Å². The van der Waals surface area contributed by atoms with Gasteiger partial charge in [0.25, 0.3) is 0 Å². The Balaban J connectivity index is 0.000000317. The number of aryl methyl sites for hydroxylation is 1. The zero-order valence-corrected chi connectivity index (χ0v) is 20.7. The summed E-state index contributed by atoms with van der Waals surface area (Å²) in [5.74, 6) is -5.21. The molecule has 2 aromatic rings. The van der Waals surface area contributed by atoms with Crippen molar-refractivity contribution in [2.45, 2.75) is 56.7 Å². The molecule has 2 saturated heterocycles. The fourth-order valence-corrected chi connectivity index (χ4v) is 4.26. The van der Waals surface area contributed by atoms with E-state index >= 15 is 0 Å². The second-order valence-corrected chi connectivity index (χ2v) is 8.96. The summed E-state index contributed by atoms with van der Waals surface area (Å²) in [6, 6.07) is 4.02. The lowest BCUT2D eigenvalue weighted by Crippen LogP contribution is -2.52. The summed E-state index contributed by atoms with van der Waals surface area (Å²) < 4.78 is 65.3. The fourth-order valence-electron chi connectivity index (χ4n) is 4.26. The van der Waals surface area contributed by atoms with Crippen molar-refractivity contribution in [1.82, 2.24) is 24.6 Å². The second kappa shape index (κ2) is 12.9. The molecule has 4 heterocycles. The minimum absolute atomic E-state index is 0.0474. The van der Waals surface area contributed by atoms with Crippen molar-refractivity contribution in [3.05, 3.63) is 48.0 Å². The minimum atomic E-state index is -5.08. The first-order valence-electron chi connectivity index (χ1n) is 11.5. The molecule has 0 atom stereocenters. The summed E-state index contributed by atoms with van der Waals surface area (Å²) in [6.07, 6.45) is 1.27. The first-order chi connectivity index (χ1) is 18.0. The number of aromatic nitrogens is 3. The monoisotopic (exact) mass is 567 g/mol. The Labute approximate surface area is 218 Å². The van der Waals surface area contributed by atoms with E-state index in [4.69, 9.17) is 19.8 Å². The Morgan fingerprint density at radius 1 is 0.923 bits per heavy atom. The molecule has 0 radical (unpaired) electrons. The Hall–Kier alpha value is -3.69. The summed E-state index contributed by atoms with van der Waals surface area (Å²) in [6.45, 7) is 3.73. The Bertz CT molecular complexity index is 1090. The van der Waals surface area contributed by atoms with Gasteiger partial charge in [0, 0.05) is 69.3 Å². The quantitative estimate of drug-likeness (QED) is 0.539. The van der Waals surface area contributed by atoms with Gasteiger partial charge in [-0.15, -0.1) is 0 Å². The molecule has 0 aliphatic carbocycles. The number of carboxylic acids is 2. The number of halogens is 6. The molecular formula is C23H27F6N5O5. The molecule has 4 rings (SSSR count). The summed E-state index contributed by atoms with van der Waals surface area (Å²) in [7, 11) is 1.95. The smallest absolute Gasteiger partial charge is 0.475 e. The summed E-state index contributed by atoms with van der Waals surface area (Å²) in [4.78, 5) is 39.0. The molecule has 0 saturated carbocycles. The highest BCUT2D eigenvalue weighted by molar-refractivity contribution is 5.79. The van der Waals surface area contributed by atoms with Crippen molar-refractivity contribution in [2.75, 3.05) is 13.1 Å². The molecule has 0 aromatic carbocycles. The van der Waals surface area contributed by atoms with Gasteiger partial charge in [-0.05, 0) is 37.0 Å². The van der Waals surface area contributed by atoms with E-state index in [-0.39, 0.29) is 5.54 Å². The van der Waals surface area contributed by atoms with Gasteiger partial charge in [0.2, 0.25) is 5.91 Å². The third-order valence-electron chi connectivity index (χ3n) is 6.20. The molecular weight excluding hydrogens is 540 g/mol. The number of nitrogens with zero attached hydrogens (tertiary/aromatic N) is 5. The molecule has 2 fully saturated rings. The van der Waals surface area contributed by atoms with E-state index in [0.717, 1.165) is 38.9 Å². The van der Waals surface area contributed by atoms with E-state index in [1.807, 2.05) is 30.1 Å². The maximum absolute atomic E-state index is 12.5. The number of pyridine rings is 1. The van der Waals surface area contributed by atoms with Crippen molar-refractivity contribution in [2.24, 2.45) is 7.05 Å². The highest BCUT2D eigenvalue weighted by Gasteiger charge is 2.46. The van der Waals surface area contributed by atoms with Gasteiger partial charge in [-0.2, -0.15) is 31.4 Å². The SMILES string of the molecule is Cn1cc(CN2CCC3(CCC(=O)N3Cc3ccncc3)CC2)cn1.O=C(O)C(F)(F)F.O=C(O)C(F)(F)F. The van der Waals surface area contributed by atoms with Crippen LogP contribution < -0.4 is 0 Å². The van der Waals surface area contributed by atoms with E-state index in [2.05, 4.69) is 26.1 Å². The number of hydrogen-bond acceptors (Lipinski definition) is 6. The van der Waals surface area contributed by atoms with Gasteiger partial charge < -0.3 is 15.1 Å². The van der Waals surface area contributed by atoms with Gasteiger partial charge >= 0.3 is 24.3 Å². The molecule has 216 valence electrons. The number of amides is 1. The van der Waals surface area contributed by atoms with Gasteiger partial charge in [0.1, 0.15) is 0 Å². The van der Waals surface area contributed by atoms with E-state index in [0.29, 0.717) is 18.9 Å². The maximum Gasteiger partial charge on any atom is 0.490 e. The van der Waals surface area contributed by atoms with Crippen LogP contribution in [0.3, 0.4) is 0 Å². The Kier molecular flexibility index (Phi) is 10.4. The van der Waals surface area contributed by atoms with Gasteiger partial charge in [0.05, 0.1) is 6.20 Å². The van der Waals surface area contributed by atoms with Crippen LogP contribution in [0.25, 0.3) is 0 Å². The number of carbonyl (C=O) groups excluding carboxylic acids is 1. The van der Waals surface area contributed by atoms with Crippen LogP contribution in [0.1, 0.15) is 36.8 Å². The normalized spacial score (nSPS) is 17.2. The number of likely N-dealkylation sites (tertiary alicyclic amines) is 2. The van der Waals surface area contributed by atoms with E-state index in [1.165, 1.54) is 11.1 Å². The number of carboxylic acid groups (broad SMARTS) is 2. The van der Waals surface area contributed by atoms with E-state index in [1.54, 1.807) is 12.4 Å². The van der Waals surface area contributed by atoms with Crippen LogP contribution in [0.5, 0.6) is 0 Å². The van der Waals surface area contributed by atoms with Crippen molar-refractivity contribution >= 4 is 17.8 Å². The zero-order chi connectivity index (χ0) is 29.4. The molecule has 0 bridgehead atoms. The predicted molar refractivity (Wildman–Crippen MR) is 122 cm³/mol. The molecule has 1 spiro atoms. The summed E-state index contributed by atoms with van der Waals surface area (Å²) in [5.41, 5.74) is 2.48. The van der Waals surface area contributed by atoms with Crippen molar-refractivity contribution < 1.29 is 50.9 Å². The van der Waals surface area contributed by atoms with Gasteiger partial charge in [-0.25, -0.2) is 9.59 Å². The van der Waals surface area contributed by atoms with Crippen LogP contribution in [0, 0.1) is 0 Å². The van der Waals surface area contributed by atoms with Crippen LogP contribution in [0.4, 0.5) is 26.3 Å². The molecule has 39 heavy (non-hydrogen) atoms. The summed E-state index contributed by atoms with van der Waals surface area (Å²) in [5, 5.41) is 18.5.